The highest BCUT2D eigenvalue weighted by Crippen LogP contribution is 2.35. The summed E-state index contributed by atoms with van der Waals surface area (Å²) in [6, 6.07) is 8.91. The predicted molar refractivity (Wildman–Crippen MR) is 112 cm³/mol. The molecule has 0 radical (unpaired) electrons. The highest BCUT2D eigenvalue weighted by molar-refractivity contribution is 8.18. The molecule has 1 aromatic carbocycles. The molecule has 0 saturated carbocycles. The summed E-state index contributed by atoms with van der Waals surface area (Å²) in [5.74, 6) is 1.75. The number of benzene rings is 1. The van der Waals surface area contributed by atoms with Gasteiger partial charge in [0.25, 0.3) is 5.91 Å². The van der Waals surface area contributed by atoms with Crippen molar-refractivity contribution >= 4 is 52.1 Å². The minimum atomic E-state index is -0.212. The van der Waals surface area contributed by atoms with Crippen LogP contribution in [-0.2, 0) is 4.79 Å². The first kappa shape index (κ1) is 18.7. The lowest BCUT2D eigenvalue weighted by Gasteiger charge is -2.30. The van der Waals surface area contributed by atoms with Crippen LogP contribution >= 0.6 is 35.0 Å². The predicted octanol–water partition coefficient (Wildman–Crippen LogP) is 5.96. The van der Waals surface area contributed by atoms with Crippen LogP contribution in [0.25, 0.3) is 17.4 Å². The maximum absolute atomic E-state index is 12.3. The van der Waals surface area contributed by atoms with Gasteiger partial charge >= 0.3 is 0 Å². The van der Waals surface area contributed by atoms with Crippen molar-refractivity contribution in [3.8, 4) is 11.3 Å². The van der Waals surface area contributed by atoms with Crippen molar-refractivity contribution in [3.63, 3.8) is 0 Å². The number of carbonyl (C=O) groups is 1. The second kappa shape index (κ2) is 7.74. The van der Waals surface area contributed by atoms with Gasteiger partial charge in [-0.1, -0.05) is 30.1 Å². The first-order chi connectivity index (χ1) is 13.0. The molecule has 2 aromatic rings. The highest BCUT2D eigenvalue weighted by Gasteiger charge is 2.28. The summed E-state index contributed by atoms with van der Waals surface area (Å²) in [4.78, 5) is 19.3. The zero-order valence-corrected chi connectivity index (χ0v) is 17.1. The molecule has 1 aromatic heterocycles. The molecule has 4 nitrogen and oxygen atoms in total. The maximum atomic E-state index is 12.3. The van der Waals surface area contributed by atoms with Gasteiger partial charge in [0.15, 0.2) is 5.17 Å². The number of halogens is 2. The molecule has 27 heavy (non-hydrogen) atoms. The molecule has 1 saturated heterocycles. The Labute approximate surface area is 172 Å². The lowest BCUT2D eigenvalue weighted by Crippen LogP contribution is -2.35. The molecular weight excluding hydrogens is 403 g/mol. The number of carbonyl (C=O) groups excluding carboxylic acids is 1. The third-order valence-corrected chi connectivity index (χ3v) is 6.35. The number of hydrogen-bond acceptors (Lipinski definition) is 4. The van der Waals surface area contributed by atoms with E-state index in [0.29, 0.717) is 26.5 Å². The summed E-state index contributed by atoms with van der Waals surface area (Å²) < 4.78 is 5.86. The van der Waals surface area contributed by atoms with Crippen molar-refractivity contribution < 1.29 is 9.21 Å². The Bertz CT molecular complexity index is 943. The van der Waals surface area contributed by atoms with Crippen molar-refractivity contribution in [2.24, 2.45) is 10.9 Å². The van der Waals surface area contributed by atoms with E-state index < -0.39 is 0 Å². The van der Waals surface area contributed by atoms with Crippen LogP contribution in [0.4, 0.5) is 0 Å². The normalized spacial score (nSPS) is 19.8. The van der Waals surface area contributed by atoms with Crippen molar-refractivity contribution in [1.82, 2.24) is 4.90 Å². The van der Waals surface area contributed by atoms with Crippen molar-refractivity contribution in [2.75, 3.05) is 13.1 Å². The van der Waals surface area contributed by atoms with Gasteiger partial charge in [-0.2, -0.15) is 4.99 Å². The Kier molecular flexibility index (Phi) is 5.35. The number of thioether (sulfide) groups is 1. The number of furan rings is 1. The summed E-state index contributed by atoms with van der Waals surface area (Å²) in [5.41, 5.74) is 0.760. The van der Waals surface area contributed by atoms with Gasteiger partial charge in [0, 0.05) is 29.8 Å². The minimum absolute atomic E-state index is 0.212. The zero-order valence-electron chi connectivity index (χ0n) is 14.7. The summed E-state index contributed by atoms with van der Waals surface area (Å²) in [6.45, 7) is 4.17. The number of likely N-dealkylation sites (tertiary alicyclic amines) is 1. The van der Waals surface area contributed by atoms with E-state index in [1.807, 2.05) is 18.2 Å². The fourth-order valence-electron chi connectivity index (χ4n) is 3.13. The van der Waals surface area contributed by atoms with E-state index in [4.69, 9.17) is 27.6 Å². The highest BCUT2D eigenvalue weighted by atomic mass is 35.5. The molecule has 2 aliphatic heterocycles. The summed E-state index contributed by atoms with van der Waals surface area (Å²) >= 11 is 13.6. The summed E-state index contributed by atoms with van der Waals surface area (Å²) in [6.07, 6.45) is 4.01. The Hall–Kier alpha value is -1.69. The number of amidine groups is 1. The number of piperidine rings is 1. The van der Waals surface area contributed by atoms with E-state index in [0.717, 1.165) is 42.6 Å². The van der Waals surface area contributed by atoms with Crippen LogP contribution in [0.15, 0.2) is 44.6 Å². The molecule has 0 bridgehead atoms. The van der Waals surface area contributed by atoms with Crippen molar-refractivity contribution in [1.29, 1.82) is 0 Å². The molecule has 0 unspecified atom stereocenters. The summed E-state index contributed by atoms with van der Waals surface area (Å²) in [7, 11) is 0. The van der Waals surface area contributed by atoms with E-state index in [9.17, 15) is 4.79 Å². The number of nitrogens with zero attached hydrogens (tertiary/aromatic N) is 2. The van der Waals surface area contributed by atoms with Gasteiger partial charge in [0.1, 0.15) is 11.5 Å². The number of rotatable bonds is 2. The van der Waals surface area contributed by atoms with E-state index >= 15 is 0 Å². The molecule has 1 amide bonds. The molecule has 140 valence electrons. The Morgan fingerprint density at radius 3 is 2.74 bits per heavy atom. The standard InChI is InChI=1S/C20H18Cl2N2O2S/c1-12-6-8-24(9-7-12)20-23-19(25)18(27-20)11-14-3-5-17(26-14)15-4-2-13(21)10-16(15)22/h2-5,10-12H,6-9H2,1H3/b18-11-. The number of aliphatic imine (C=N–C) groups is 1. The van der Waals surface area contributed by atoms with E-state index in [-0.39, 0.29) is 5.91 Å². The largest absolute Gasteiger partial charge is 0.457 e. The second-order valence-corrected chi connectivity index (χ2v) is 8.66. The maximum Gasteiger partial charge on any atom is 0.286 e. The van der Waals surface area contributed by atoms with Crippen LogP contribution in [0.5, 0.6) is 0 Å². The average Bonchev–Trinajstić information content (AvgIpc) is 3.23. The van der Waals surface area contributed by atoms with Gasteiger partial charge in [-0.15, -0.1) is 0 Å². The van der Waals surface area contributed by atoms with Crippen molar-refractivity contribution in [3.05, 3.63) is 51.0 Å². The summed E-state index contributed by atoms with van der Waals surface area (Å²) in [5, 5.41) is 1.89. The first-order valence-electron chi connectivity index (χ1n) is 8.82. The minimum Gasteiger partial charge on any atom is -0.457 e. The lowest BCUT2D eigenvalue weighted by atomic mass is 10.00. The van der Waals surface area contributed by atoms with Crippen LogP contribution < -0.4 is 0 Å². The third kappa shape index (κ3) is 4.10. The van der Waals surface area contributed by atoms with E-state index in [1.54, 1.807) is 18.2 Å². The molecule has 0 spiro atoms. The Morgan fingerprint density at radius 1 is 1.22 bits per heavy atom. The quantitative estimate of drug-likeness (QED) is 0.562. The molecule has 1 fully saturated rings. The van der Waals surface area contributed by atoms with Crippen LogP contribution in [0.2, 0.25) is 10.0 Å². The Morgan fingerprint density at radius 2 is 2.00 bits per heavy atom. The molecule has 2 aliphatic rings. The smallest absolute Gasteiger partial charge is 0.286 e. The topological polar surface area (TPSA) is 45.8 Å². The number of hydrogen-bond donors (Lipinski definition) is 0. The lowest BCUT2D eigenvalue weighted by molar-refractivity contribution is -0.113. The van der Waals surface area contributed by atoms with Gasteiger partial charge in [-0.25, -0.2) is 0 Å². The fourth-order valence-corrected chi connectivity index (χ4v) is 4.57. The molecule has 0 aliphatic carbocycles. The Balaban J connectivity index is 1.50. The number of amides is 1. The second-order valence-electron chi connectivity index (χ2n) is 6.81. The molecule has 7 heteroatoms. The SMILES string of the molecule is CC1CCN(C2=NC(=O)/C(=C/c3ccc(-c4ccc(Cl)cc4Cl)o3)S2)CC1. The van der Waals surface area contributed by atoms with Gasteiger partial charge in [0.2, 0.25) is 0 Å². The van der Waals surface area contributed by atoms with Gasteiger partial charge in [-0.3, -0.25) is 4.79 Å². The van der Waals surface area contributed by atoms with E-state index in [2.05, 4.69) is 16.8 Å². The molecule has 3 heterocycles. The van der Waals surface area contributed by atoms with Crippen LogP contribution in [0, 0.1) is 5.92 Å². The molecule has 0 atom stereocenters. The molecule has 4 rings (SSSR count). The zero-order chi connectivity index (χ0) is 19.0. The van der Waals surface area contributed by atoms with Crippen LogP contribution in [0.1, 0.15) is 25.5 Å². The monoisotopic (exact) mass is 420 g/mol. The van der Waals surface area contributed by atoms with Gasteiger partial charge < -0.3 is 9.32 Å². The molecule has 0 N–H and O–H groups in total. The van der Waals surface area contributed by atoms with Gasteiger partial charge in [0.05, 0.1) is 9.93 Å². The van der Waals surface area contributed by atoms with E-state index in [1.165, 1.54) is 11.8 Å². The fraction of sp³-hybridized carbons (Fsp3) is 0.300. The first-order valence-corrected chi connectivity index (χ1v) is 10.4. The molecular formula is C20H18Cl2N2O2S. The average molecular weight is 421 g/mol. The third-order valence-electron chi connectivity index (χ3n) is 4.76. The van der Waals surface area contributed by atoms with Crippen LogP contribution in [-0.4, -0.2) is 29.1 Å². The van der Waals surface area contributed by atoms with Crippen molar-refractivity contribution in [2.45, 2.75) is 19.8 Å². The van der Waals surface area contributed by atoms with Gasteiger partial charge in [-0.05, 0) is 60.9 Å². The van der Waals surface area contributed by atoms with Crippen LogP contribution in [0.3, 0.4) is 0 Å².